The topological polar surface area (TPSA) is 42.7 Å². The Morgan fingerprint density at radius 3 is 3.07 bits per heavy atom. The third-order valence-corrected chi connectivity index (χ3v) is 2.50. The number of hydrogen-bond acceptors (Lipinski definition) is 3. The molecule has 0 saturated carbocycles. The zero-order valence-corrected chi connectivity index (χ0v) is 9.90. The third kappa shape index (κ3) is 2.24. The zero-order chi connectivity index (χ0) is 10.7. The van der Waals surface area contributed by atoms with Crippen molar-refractivity contribution in [3.63, 3.8) is 0 Å². The minimum absolute atomic E-state index is 0.701. The first-order valence-electron chi connectivity index (χ1n) is 4.60. The molecule has 15 heavy (non-hydrogen) atoms. The summed E-state index contributed by atoms with van der Waals surface area (Å²) in [5.41, 5.74) is 1.01. The van der Waals surface area contributed by atoms with Gasteiger partial charge in [-0.05, 0) is 25.2 Å². The van der Waals surface area contributed by atoms with E-state index in [1.165, 1.54) is 0 Å². The first-order chi connectivity index (χ1) is 7.31. The fourth-order valence-corrected chi connectivity index (χ4v) is 1.75. The Morgan fingerprint density at radius 1 is 1.47 bits per heavy atom. The van der Waals surface area contributed by atoms with Gasteiger partial charge in [-0.2, -0.15) is 5.10 Å². The Bertz CT molecular complexity index is 452. The van der Waals surface area contributed by atoms with Crippen LogP contribution < -0.4 is 5.32 Å². The van der Waals surface area contributed by atoms with Gasteiger partial charge in [-0.1, -0.05) is 22.0 Å². The average molecular weight is 267 g/mol. The van der Waals surface area contributed by atoms with Crippen LogP contribution in [0.1, 0.15) is 5.82 Å². The summed E-state index contributed by atoms with van der Waals surface area (Å²) < 4.78 is 2.85. The molecule has 0 spiro atoms. The Labute approximate surface area is 96.5 Å². The van der Waals surface area contributed by atoms with Crippen molar-refractivity contribution in [1.29, 1.82) is 0 Å². The van der Waals surface area contributed by atoms with Gasteiger partial charge < -0.3 is 5.32 Å². The molecule has 0 amide bonds. The molecule has 5 heteroatoms. The molecule has 0 fully saturated rings. The summed E-state index contributed by atoms with van der Waals surface area (Å²) in [6, 6.07) is 7.97. The predicted molar refractivity (Wildman–Crippen MR) is 61.8 cm³/mol. The van der Waals surface area contributed by atoms with Gasteiger partial charge in [0, 0.05) is 4.47 Å². The number of hydrogen-bond donors (Lipinski definition) is 1. The summed E-state index contributed by atoms with van der Waals surface area (Å²) in [5.74, 6) is 0.899. The molecule has 1 N–H and O–H groups in total. The van der Waals surface area contributed by atoms with Crippen molar-refractivity contribution in [2.75, 3.05) is 7.05 Å². The maximum atomic E-state index is 4.19. The van der Waals surface area contributed by atoms with Gasteiger partial charge in [0.15, 0.2) is 0 Å². The lowest BCUT2D eigenvalue weighted by Gasteiger charge is -2.05. The summed E-state index contributed by atoms with van der Waals surface area (Å²) in [6.45, 7) is 0.701. The molecule has 1 heterocycles. The van der Waals surface area contributed by atoms with Gasteiger partial charge in [0.25, 0.3) is 0 Å². The molecule has 1 aromatic carbocycles. The van der Waals surface area contributed by atoms with E-state index in [0.717, 1.165) is 16.0 Å². The van der Waals surface area contributed by atoms with E-state index in [0.29, 0.717) is 6.54 Å². The monoisotopic (exact) mass is 266 g/mol. The van der Waals surface area contributed by atoms with E-state index in [-0.39, 0.29) is 0 Å². The molecular formula is C10H11BrN4. The Hall–Kier alpha value is -1.20. The van der Waals surface area contributed by atoms with Crippen LogP contribution in [0.2, 0.25) is 0 Å². The molecule has 1 aromatic heterocycles. The smallest absolute Gasteiger partial charge is 0.146 e. The summed E-state index contributed by atoms with van der Waals surface area (Å²) in [6.07, 6.45) is 1.56. The van der Waals surface area contributed by atoms with Crippen molar-refractivity contribution in [2.45, 2.75) is 6.54 Å². The van der Waals surface area contributed by atoms with Crippen LogP contribution in [0.15, 0.2) is 35.1 Å². The minimum atomic E-state index is 0.701. The van der Waals surface area contributed by atoms with E-state index in [9.17, 15) is 0 Å². The predicted octanol–water partition coefficient (Wildman–Crippen LogP) is 1.75. The fraction of sp³-hybridized carbons (Fsp3) is 0.200. The fourth-order valence-electron chi connectivity index (χ4n) is 1.37. The highest BCUT2D eigenvalue weighted by Crippen LogP contribution is 2.15. The van der Waals surface area contributed by atoms with Crippen LogP contribution in [0.4, 0.5) is 0 Å². The van der Waals surface area contributed by atoms with E-state index in [2.05, 4.69) is 31.3 Å². The van der Waals surface area contributed by atoms with E-state index >= 15 is 0 Å². The average Bonchev–Trinajstić information content (AvgIpc) is 2.66. The Kier molecular flexibility index (Phi) is 3.13. The maximum absolute atomic E-state index is 4.19. The molecule has 0 bridgehead atoms. The molecule has 0 aliphatic rings. The molecule has 0 aliphatic carbocycles. The summed E-state index contributed by atoms with van der Waals surface area (Å²) in [5, 5.41) is 7.25. The van der Waals surface area contributed by atoms with Gasteiger partial charge in [0.05, 0.1) is 12.2 Å². The van der Waals surface area contributed by atoms with Crippen molar-refractivity contribution >= 4 is 15.9 Å². The maximum Gasteiger partial charge on any atom is 0.146 e. The van der Waals surface area contributed by atoms with Crippen molar-refractivity contribution in [3.05, 3.63) is 40.9 Å². The lowest BCUT2D eigenvalue weighted by Crippen LogP contribution is -2.12. The molecule has 4 nitrogen and oxygen atoms in total. The van der Waals surface area contributed by atoms with Crippen molar-refractivity contribution in [1.82, 2.24) is 20.1 Å². The van der Waals surface area contributed by atoms with Crippen molar-refractivity contribution in [2.24, 2.45) is 0 Å². The molecule has 78 valence electrons. The van der Waals surface area contributed by atoms with E-state index in [4.69, 9.17) is 0 Å². The molecular weight excluding hydrogens is 256 g/mol. The zero-order valence-electron chi connectivity index (χ0n) is 8.31. The van der Waals surface area contributed by atoms with Gasteiger partial charge in [0.1, 0.15) is 12.2 Å². The largest absolute Gasteiger partial charge is 0.313 e. The van der Waals surface area contributed by atoms with Crippen molar-refractivity contribution in [3.8, 4) is 5.69 Å². The second kappa shape index (κ2) is 4.55. The van der Waals surface area contributed by atoms with Gasteiger partial charge >= 0.3 is 0 Å². The highest BCUT2D eigenvalue weighted by atomic mass is 79.9. The molecule has 2 aromatic rings. The van der Waals surface area contributed by atoms with Crippen LogP contribution in [-0.4, -0.2) is 21.8 Å². The molecule has 0 atom stereocenters. The number of halogens is 1. The lowest BCUT2D eigenvalue weighted by atomic mass is 10.3. The normalized spacial score (nSPS) is 10.5. The highest BCUT2D eigenvalue weighted by Gasteiger charge is 2.05. The van der Waals surface area contributed by atoms with Crippen LogP contribution in [0.3, 0.4) is 0 Å². The van der Waals surface area contributed by atoms with Gasteiger partial charge in [-0.15, -0.1) is 0 Å². The van der Waals surface area contributed by atoms with Crippen LogP contribution in [0, 0.1) is 0 Å². The van der Waals surface area contributed by atoms with Crippen molar-refractivity contribution < 1.29 is 0 Å². The second-order valence-corrected chi connectivity index (χ2v) is 4.01. The molecule has 0 aliphatic heterocycles. The quantitative estimate of drug-likeness (QED) is 0.921. The first kappa shape index (κ1) is 10.3. The standard InChI is InChI=1S/C10H11BrN4/c1-12-6-10-13-7-14-15(10)9-4-2-3-8(11)5-9/h2-5,7,12H,6H2,1H3. The molecule has 0 unspecified atom stereocenters. The molecule has 0 radical (unpaired) electrons. The van der Waals surface area contributed by atoms with Crippen LogP contribution >= 0.6 is 15.9 Å². The van der Waals surface area contributed by atoms with E-state index in [1.807, 2.05) is 36.0 Å². The van der Waals surface area contributed by atoms with Gasteiger partial charge in [-0.25, -0.2) is 9.67 Å². The Balaban J connectivity index is 2.40. The van der Waals surface area contributed by atoms with Crippen LogP contribution in [0.5, 0.6) is 0 Å². The number of aromatic nitrogens is 3. The molecule has 0 saturated heterocycles. The number of nitrogens with zero attached hydrogens (tertiary/aromatic N) is 3. The van der Waals surface area contributed by atoms with E-state index in [1.54, 1.807) is 6.33 Å². The highest BCUT2D eigenvalue weighted by molar-refractivity contribution is 9.10. The third-order valence-electron chi connectivity index (χ3n) is 2.01. The van der Waals surface area contributed by atoms with E-state index < -0.39 is 0 Å². The lowest BCUT2D eigenvalue weighted by molar-refractivity contribution is 0.712. The van der Waals surface area contributed by atoms with Gasteiger partial charge in [-0.3, -0.25) is 0 Å². The van der Waals surface area contributed by atoms with Gasteiger partial charge in [0.2, 0.25) is 0 Å². The summed E-state index contributed by atoms with van der Waals surface area (Å²) >= 11 is 3.43. The summed E-state index contributed by atoms with van der Waals surface area (Å²) in [7, 11) is 1.89. The number of nitrogens with one attached hydrogen (secondary N) is 1. The SMILES string of the molecule is CNCc1ncnn1-c1cccc(Br)c1. The minimum Gasteiger partial charge on any atom is -0.313 e. The number of benzene rings is 1. The summed E-state index contributed by atoms with van der Waals surface area (Å²) in [4.78, 5) is 4.19. The molecule has 2 rings (SSSR count). The first-order valence-corrected chi connectivity index (χ1v) is 5.40. The Morgan fingerprint density at radius 2 is 2.33 bits per heavy atom. The second-order valence-electron chi connectivity index (χ2n) is 3.10. The number of rotatable bonds is 3. The van der Waals surface area contributed by atoms with Crippen LogP contribution in [-0.2, 0) is 6.54 Å². The van der Waals surface area contributed by atoms with Crippen LogP contribution in [0.25, 0.3) is 5.69 Å².